The van der Waals surface area contributed by atoms with Gasteiger partial charge in [0.25, 0.3) is 0 Å². The molecule has 0 aliphatic carbocycles. The minimum atomic E-state index is 0. The van der Waals surface area contributed by atoms with Crippen molar-refractivity contribution in [2.24, 2.45) is 10.8 Å². The predicted octanol–water partition coefficient (Wildman–Crippen LogP) is 10.6. The molecule has 2 rings (SSSR count). The van der Waals surface area contributed by atoms with Crippen LogP contribution in [0, 0.1) is 10.8 Å². The molecule has 0 bridgehead atoms. The molecule has 28 heavy (non-hydrogen) atoms. The van der Waals surface area contributed by atoms with Gasteiger partial charge in [-0.2, -0.15) is 0 Å². The van der Waals surface area contributed by atoms with E-state index in [1.54, 1.807) is 0 Å². The van der Waals surface area contributed by atoms with Crippen LogP contribution in [0.2, 0.25) is 0 Å². The second-order valence-electron chi connectivity index (χ2n) is 8.22. The van der Waals surface area contributed by atoms with Crippen LogP contribution >= 0.6 is 0 Å². The molecule has 0 radical (unpaired) electrons. The Labute approximate surface area is 180 Å². The Kier molecular flexibility index (Phi) is 36.8. The van der Waals surface area contributed by atoms with Gasteiger partial charge in [0.1, 0.15) is 0 Å². The number of hydrogen-bond acceptors (Lipinski definition) is 0. The Balaban J connectivity index is -0.0000000785. The van der Waals surface area contributed by atoms with Crippen molar-refractivity contribution in [2.45, 2.75) is 96.9 Å². The number of benzene rings is 2. The molecule has 0 aromatic heterocycles. The summed E-state index contributed by atoms with van der Waals surface area (Å²) in [5.74, 6) is 0. The van der Waals surface area contributed by atoms with Crippen LogP contribution in [0.5, 0.6) is 0 Å². The normalized spacial score (nSPS) is 8.57. The summed E-state index contributed by atoms with van der Waals surface area (Å²) in [5, 5.41) is 0. The van der Waals surface area contributed by atoms with Crippen molar-refractivity contribution in [3.63, 3.8) is 0 Å². The van der Waals surface area contributed by atoms with Gasteiger partial charge in [-0.1, -0.05) is 170 Å². The lowest BCUT2D eigenvalue weighted by molar-refractivity contribution is 0.398. The third-order valence-corrected chi connectivity index (χ3v) is 2.39. The summed E-state index contributed by atoms with van der Waals surface area (Å²) in [5.41, 5.74) is 1.04. The quantitative estimate of drug-likeness (QED) is 0.419. The molecule has 2 aromatic rings. The average Bonchev–Trinajstić information content (AvgIpc) is 2.67. The van der Waals surface area contributed by atoms with E-state index in [0.717, 1.165) is 0 Å². The first-order valence-electron chi connectivity index (χ1n) is 10.6. The monoisotopic (exact) mass is 390 g/mol. The molecular weight excluding hydrogens is 336 g/mol. The Bertz CT molecular complexity index is 324. The summed E-state index contributed by atoms with van der Waals surface area (Å²) >= 11 is 0. The van der Waals surface area contributed by atoms with Crippen molar-refractivity contribution in [1.29, 1.82) is 0 Å². The minimum Gasteiger partial charge on any atom is -0.0776 e. The zero-order chi connectivity index (χ0) is 22.2. The summed E-state index contributed by atoms with van der Waals surface area (Å²) < 4.78 is 0. The molecule has 0 aliphatic heterocycles. The maximum absolute atomic E-state index is 2.24. The van der Waals surface area contributed by atoms with Crippen LogP contribution in [0.1, 0.15) is 96.9 Å². The SMILES string of the molecule is C.CC.CC.CC(C)(C)C.CCC(C)(C)C.c1ccccc1.c1ccccc1. The second-order valence-corrected chi connectivity index (χ2v) is 8.22. The van der Waals surface area contributed by atoms with Crippen molar-refractivity contribution in [2.75, 3.05) is 0 Å². The smallest absolute Gasteiger partial charge is 0.0385 e. The van der Waals surface area contributed by atoms with Crippen LogP contribution < -0.4 is 0 Å². The summed E-state index contributed by atoms with van der Waals surface area (Å²) in [7, 11) is 0. The topological polar surface area (TPSA) is 0 Å². The third kappa shape index (κ3) is 74.3. The molecule has 0 fully saturated rings. The molecular formula is C28H54. The van der Waals surface area contributed by atoms with Gasteiger partial charge in [0.05, 0.1) is 0 Å². The van der Waals surface area contributed by atoms with Gasteiger partial charge in [-0.05, 0) is 10.8 Å². The average molecular weight is 391 g/mol. The highest BCUT2D eigenvalue weighted by Crippen LogP contribution is 2.16. The van der Waals surface area contributed by atoms with Crippen molar-refractivity contribution in [3.8, 4) is 0 Å². The maximum atomic E-state index is 2.24. The van der Waals surface area contributed by atoms with E-state index in [-0.39, 0.29) is 7.43 Å². The molecule has 0 atom stereocenters. The van der Waals surface area contributed by atoms with Gasteiger partial charge in [0.2, 0.25) is 0 Å². The van der Waals surface area contributed by atoms with Crippen LogP contribution in [-0.2, 0) is 0 Å². The highest BCUT2D eigenvalue weighted by atomic mass is 14.1. The van der Waals surface area contributed by atoms with Crippen LogP contribution in [-0.4, -0.2) is 0 Å². The highest BCUT2D eigenvalue weighted by molar-refractivity contribution is 4.99. The van der Waals surface area contributed by atoms with Gasteiger partial charge >= 0.3 is 0 Å². The van der Waals surface area contributed by atoms with E-state index in [9.17, 15) is 0 Å². The number of hydrogen-bond donors (Lipinski definition) is 0. The standard InChI is InChI=1S/2C6H6.C6H14.C5H12.2C2H6.CH4/c2*1-2-4-6-5-3-1;1-5-6(2,3)4;1-5(2,3)4;2*1-2;/h2*1-6H;5H2,1-4H3;1-4H3;2*1-2H3;1H4. The first-order chi connectivity index (χ1) is 12.6. The zero-order valence-electron chi connectivity index (χ0n) is 20.6. The largest absolute Gasteiger partial charge is 0.0776 e. The van der Waals surface area contributed by atoms with Gasteiger partial charge < -0.3 is 0 Å². The molecule has 2 aromatic carbocycles. The van der Waals surface area contributed by atoms with E-state index >= 15 is 0 Å². The van der Waals surface area contributed by atoms with Crippen LogP contribution in [0.3, 0.4) is 0 Å². The van der Waals surface area contributed by atoms with Gasteiger partial charge in [0.15, 0.2) is 0 Å². The molecule has 0 heterocycles. The molecule has 0 unspecified atom stereocenters. The molecule has 0 heteroatoms. The van der Waals surface area contributed by atoms with Gasteiger partial charge in [-0.25, -0.2) is 0 Å². The maximum Gasteiger partial charge on any atom is -0.0385 e. The second kappa shape index (κ2) is 27.7. The molecule has 0 aliphatic rings. The fraction of sp³-hybridized carbons (Fsp3) is 0.571. The molecule has 0 amide bonds. The molecule has 0 N–H and O–H groups in total. The Morgan fingerprint density at radius 1 is 0.429 bits per heavy atom. The van der Waals surface area contributed by atoms with E-state index in [2.05, 4.69) is 55.4 Å². The van der Waals surface area contributed by atoms with E-state index < -0.39 is 0 Å². The lowest BCUT2D eigenvalue weighted by atomic mass is 9.94. The fourth-order valence-corrected chi connectivity index (χ4v) is 0.770. The van der Waals surface area contributed by atoms with Gasteiger partial charge in [0, 0.05) is 0 Å². The first kappa shape index (κ1) is 37.2. The molecule has 166 valence electrons. The Hall–Kier alpha value is -1.56. The summed E-state index contributed by atoms with van der Waals surface area (Å²) in [6.07, 6.45) is 1.27. The Morgan fingerprint density at radius 3 is 0.536 bits per heavy atom. The lowest BCUT2D eigenvalue weighted by Crippen LogP contribution is -2.00. The first-order valence-corrected chi connectivity index (χ1v) is 10.6. The lowest BCUT2D eigenvalue weighted by Gasteiger charge is -2.12. The molecule has 0 spiro atoms. The fourth-order valence-electron chi connectivity index (χ4n) is 0.770. The predicted molar refractivity (Wildman–Crippen MR) is 137 cm³/mol. The van der Waals surface area contributed by atoms with Crippen molar-refractivity contribution >= 4 is 0 Å². The van der Waals surface area contributed by atoms with E-state index in [0.29, 0.717) is 10.8 Å². The third-order valence-electron chi connectivity index (χ3n) is 2.39. The summed E-state index contributed by atoms with van der Waals surface area (Å²) in [6.45, 7) is 25.7. The van der Waals surface area contributed by atoms with Crippen molar-refractivity contribution < 1.29 is 0 Å². The Morgan fingerprint density at radius 2 is 0.500 bits per heavy atom. The highest BCUT2D eigenvalue weighted by Gasteiger charge is 2.03. The zero-order valence-corrected chi connectivity index (χ0v) is 20.6. The summed E-state index contributed by atoms with van der Waals surface area (Å²) in [4.78, 5) is 0. The van der Waals surface area contributed by atoms with E-state index in [4.69, 9.17) is 0 Å². The number of rotatable bonds is 0. The minimum absolute atomic E-state index is 0. The summed E-state index contributed by atoms with van der Waals surface area (Å²) in [6, 6.07) is 24.0. The molecule has 0 saturated carbocycles. The van der Waals surface area contributed by atoms with Crippen molar-refractivity contribution in [3.05, 3.63) is 72.8 Å². The van der Waals surface area contributed by atoms with E-state index in [1.807, 2.05) is 100 Å². The van der Waals surface area contributed by atoms with Crippen molar-refractivity contribution in [1.82, 2.24) is 0 Å². The van der Waals surface area contributed by atoms with Gasteiger partial charge in [-0.15, -0.1) is 0 Å². The van der Waals surface area contributed by atoms with Crippen LogP contribution in [0.25, 0.3) is 0 Å². The van der Waals surface area contributed by atoms with Crippen LogP contribution in [0.4, 0.5) is 0 Å². The molecule has 0 saturated heterocycles. The molecule has 0 nitrogen and oxygen atoms in total. The van der Waals surface area contributed by atoms with Gasteiger partial charge in [-0.3, -0.25) is 0 Å². The van der Waals surface area contributed by atoms with Crippen LogP contribution in [0.15, 0.2) is 72.8 Å². The van der Waals surface area contributed by atoms with E-state index in [1.165, 1.54) is 6.42 Å².